The minimum atomic E-state index is -3.88. The molecule has 0 saturated carbocycles. The fourth-order valence-electron chi connectivity index (χ4n) is 3.56. The lowest BCUT2D eigenvalue weighted by Crippen LogP contribution is -2.31. The fraction of sp³-hybridized carbons (Fsp3) is 0.300. The summed E-state index contributed by atoms with van der Waals surface area (Å²) in [6, 6.07) is 9.97. The van der Waals surface area contributed by atoms with E-state index in [1.807, 2.05) is 0 Å². The molecule has 2 heterocycles. The number of nitrogens with zero attached hydrogens (tertiary/aromatic N) is 3. The number of hydrogen-bond donors (Lipinski definition) is 1. The van der Waals surface area contributed by atoms with Crippen LogP contribution in [0.1, 0.15) is 24.7 Å². The molecule has 0 radical (unpaired) electrons. The Balaban J connectivity index is 1.68. The Kier molecular flexibility index (Phi) is 5.44. The van der Waals surface area contributed by atoms with Gasteiger partial charge in [-0.05, 0) is 49.2 Å². The van der Waals surface area contributed by atoms with Gasteiger partial charge in [0.1, 0.15) is 28.0 Å². The van der Waals surface area contributed by atoms with Crippen molar-refractivity contribution in [3.63, 3.8) is 0 Å². The third-order valence-corrected chi connectivity index (χ3v) is 7.01. The molecule has 0 aliphatic carbocycles. The van der Waals surface area contributed by atoms with E-state index in [1.165, 1.54) is 36.7 Å². The van der Waals surface area contributed by atoms with Crippen LogP contribution in [-0.4, -0.2) is 48.7 Å². The fourth-order valence-corrected chi connectivity index (χ4v) is 5.40. The molecule has 1 aromatic heterocycles. The maximum Gasteiger partial charge on any atom is 0.247 e. The van der Waals surface area contributed by atoms with Gasteiger partial charge in [-0.3, -0.25) is 5.10 Å². The van der Waals surface area contributed by atoms with E-state index < -0.39 is 16.1 Å². The quantitative estimate of drug-likeness (QED) is 0.643. The molecule has 3 aromatic rings. The van der Waals surface area contributed by atoms with E-state index in [1.54, 1.807) is 24.3 Å². The Bertz CT molecular complexity index is 1150. The number of rotatable bonds is 6. The normalized spacial score (nSPS) is 17.2. The molecular weight excluding hydrogens is 411 g/mol. The van der Waals surface area contributed by atoms with Gasteiger partial charge in [0.25, 0.3) is 0 Å². The topological polar surface area (TPSA) is 97.4 Å². The first-order chi connectivity index (χ1) is 14.4. The molecule has 0 amide bonds. The number of benzene rings is 2. The van der Waals surface area contributed by atoms with Crippen LogP contribution >= 0.6 is 0 Å². The molecule has 30 heavy (non-hydrogen) atoms. The van der Waals surface area contributed by atoms with Crippen LogP contribution in [0.4, 0.5) is 4.39 Å². The van der Waals surface area contributed by atoms with Crippen LogP contribution < -0.4 is 9.47 Å². The van der Waals surface area contributed by atoms with Gasteiger partial charge in [0.2, 0.25) is 10.0 Å². The summed E-state index contributed by atoms with van der Waals surface area (Å²) in [5.74, 6) is 1.13. The zero-order chi connectivity index (χ0) is 21.3. The average Bonchev–Trinajstić information content (AvgIpc) is 3.43. The number of hydrogen-bond acceptors (Lipinski definition) is 6. The molecule has 1 saturated heterocycles. The van der Waals surface area contributed by atoms with E-state index in [0.29, 0.717) is 42.3 Å². The minimum absolute atomic E-state index is 0.0366. The summed E-state index contributed by atoms with van der Waals surface area (Å²) >= 11 is 0. The lowest BCUT2D eigenvalue weighted by molar-refractivity contribution is 0.369. The summed E-state index contributed by atoms with van der Waals surface area (Å²) in [5.41, 5.74) is 0.640. The highest BCUT2D eigenvalue weighted by Crippen LogP contribution is 2.39. The standard InChI is InChI=1S/C20H21FN4O4S/c1-28-15-9-10-17(29-2)18(12-15)30(26,27)25-11-3-4-16(25)20-22-19(23-24-20)13-5-7-14(21)8-6-13/h5-10,12,16H,3-4,11H2,1-2H3,(H,22,23,24)/t16-/m0/s1. The van der Waals surface area contributed by atoms with Crippen molar-refractivity contribution in [3.05, 3.63) is 54.1 Å². The molecule has 2 aromatic carbocycles. The number of sulfonamides is 1. The van der Waals surface area contributed by atoms with Gasteiger partial charge in [-0.15, -0.1) is 0 Å². The van der Waals surface area contributed by atoms with Gasteiger partial charge in [0.05, 0.1) is 20.3 Å². The van der Waals surface area contributed by atoms with E-state index in [4.69, 9.17) is 9.47 Å². The van der Waals surface area contributed by atoms with Crippen LogP contribution in [0.25, 0.3) is 11.4 Å². The first-order valence-electron chi connectivity index (χ1n) is 9.36. The van der Waals surface area contributed by atoms with Crippen molar-refractivity contribution in [2.24, 2.45) is 0 Å². The Morgan fingerprint density at radius 2 is 1.90 bits per heavy atom. The van der Waals surface area contributed by atoms with Crippen molar-refractivity contribution in [1.29, 1.82) is 0 Å². The molecular formula is C20H21FN4O4S. The van der Waals surface area contributed by atoms with Gasteiger partial charge in [-0.1, -0.05) is 0 Å². The molecule has 1 aliphatic heterocycles. The van der Waals surface area contributed by atoms with Crippen LogP contribution in [0.15, 0.2) is 47.4 Å². The molecule has 4 rings (SSSR count). The third-order valence-electron chi connectivity index (χ3n) is 5.08. The van der Waals surface area contributed by atoms with Gasteiger partial charge in [0.15, 0.2) is 5.82 Å². The van der Waals surface area contributed by atoms with Crippen LogP contribution in [-0.2, 0) is 10.0 Å². The maximum absolute atomic E-state index is 13.5. The molecule has 10 heteroatoms. The van der Waals surface area contributed by atoms with Crippen molar-refractivity contribution in [3.8, 4) is 22.9 Å². The first kappa shape index (κ1) is 20.3. The highest BCUT2D eigenvalue weighted by Gasteiger charge is 2.39. The Labute approximate surface area is 173 Å². The number of aromatic amines is 1. The molecule has 1 fully saturated rings. The van der Waals surface area contributed by atoms with Gasteiger partial charge in [-0.25, -0.2) is 17.8 Å². The number of nitrogens with one attached hydrogen (secondary N) is 1. The lowest BCUT2D eigenvalue weighted by atomic mass is 10.2. The third kappa shape index (κ3) is 3.63. The number of methoxy groups -OCH3 is 2. The predicted octanol–water partition coefficient (Wildman–Crippen LogP) is 3.15. The molecule has 0 bridgehead atoms. The van der Waals surface area contributed by atoms with Crippen LogP contribution in [0.2, 0.25) is 0 Å². The van der Waals surface area contributed by atoms with E-state index in [-0.39, 0.29) is 16.5 Å². The maximum atomic E-state index is 13.5. The van der Waals surface area contributed by atoms with Gasteiger partial charge >= 0.3 is 0 Å². The zero-order valence-corrected chi connectivity index (χ0v) is 17.3. The van der Waals surface area contributed by atoms with Crippen molar-refractivity contribution >= 4 is 10.0 Å². The Hall–Kier alpha value is -2.98. The van der Waals surface area contributed by atoms with Crippen molar-refractivity contribution in [1.82, 2.24) is 19.5 Å². The molecule has 1 atom stereocenters. The summed E-state index contributed by atoms with van der Waals surface area (Å²) in [7, 11) is -0.983. The van der Waals surface area contributed by atoms with Crippen molar-refractivity contribution < 1.29 is 22.3 Å². The smallest absolute Gasteiger partial charge is 0.247 e. The zero-order valence-electron chi connectivity index (χ0n) is 16.5. The molecule has 1 N–H and O–H groups in total. The lowest BCUT2D eigenvalue weighted by Gasteiger charge is -2.23. The second-order valence-corrected chi connectivity index (χ2v) is 8.70. The monoisotopic (exact) mass is 432 g/mol. The highest BCUT2D eigenvalue weighted by atomic mass is 32.2. The molecule has 8 nitrogen and oxygen atoms in total. The number of ether oxygens (including phenoxy) is 2. The van der Waals surface area contributed by atoms with Crippen LogP contribution in [0, 0.1) is 5.82 Å². The Morgan fingerprint density at radius 3 is 2.60 bits per heavy atom. The van der Waals surface area contributed by atoms with E-state index in [9.17, 15) is 12.8 Å². The van der Waals surface area contributed by atoms with Crippen LogP contribution in [0.3, 0.4) is 0 Å². The number of aromatic nitrogens is 3. The molecule has 158 valence electrons. The van der Waals surface area contributed by atoms with Crippen LogP contribution in [0.5, 0.6) is 11.5 Å². The average molecular weight is 432 g/mol. The molecule has 0 spiro atoms. The summed E-state index contributed by atoms with van der Waals surface area (Å²) in [5, 5.41) is 7.03. The van der Waals surface area contributed by atoms with Crippen molar-refractivity contribution in [2.45, 2.75) is 23.8 Å². The second kappa shape index (κ2) is 8.04. The number of H-pyrrole nitrogens is 1. The molecule has 1 aliphatic rings. The predicted molar refractivity (Wildman–Crippen MR) is 107 cm³/mol. The number of halogens is 1. The van der Waals surface area contributed by atoms with E-state index in [2.05, 4.69) is 15.2 Å². The summed E-state index contributed by atoms with van der Waals surface area (Å²) in [6.07, 6.45) is 1.28. The minimum Gasteiger partial charge on any atom is -0.497 e. The largest absolute Gasteiger partial charge is 0.497 e. The van der Waals surface area contributed by atoms with Crippen molar-refractivity contribution in [2.75, 3.05) is 20.8 Å². The van der Waals surface area contributed by atoms with Gasteiger partial charge < -0.3 is 9.47 Å². The van der Waals surface area contributed by atoms with E-state index in [0.717, 1.165) is 0 Å². The first-order valence-corrected chi connectivity index (χ1v) is 10.8. The highest BCUT2D eigenvalue weighted by molar-refractivity contribution is 7.89. The summed E-state index contributed by atoms with van der Waals surface area (Å²) in [6.45, 7) is 0.347. The SMILES string of the molecule is COc1ccc(OC)c(S(=O)(=O)N2CCC[C@H]2c2nc(-c3ccc(F)cc3)n[nH]2)c1. The Morgan fingerprint density at radius 1 is 1.13 bits per heavy atom. The van der Waals surface area contributed by atoms with E-state index >= 15 is 0 Å². The summed E-state index contributed by atoms with van der Waals surface area (Å²) in [4.78, 5) is 4.51. The molecule has 0 unspecified atom stereocenters. The van der Waals surface area contributed by atoms with Gasteiger partial charge in [0, 0.05) is 18.2 Å². The second-order valence-electron chi connectivity index (χ2n) is 6.84. The summed E-state index contributed by atoms with van der Waals surface area (Å²) < 4.78 is 52.0. The van der Waals surface area contributed by atoms with Gasteiger partial charge in [-0.2, -0.15) is 9.40 Å².